The van der Waals surface area contributed by atoms with Crippen LogP contribution in [0.4, 0.5) is 0 Å². The first-order chi connectivity index (χ1) is 15.8. The van der Waals surface area contributed by atoms with E-state index in [9.17, 15) is 0 Å². The van der Waals surface area contributed by atoms with E-state index in [-0.39, 0.29) is 6.10 Å². The molecule has 5 rings (SSSR count). The monoisotopic (exact) mass is 448 g/mol. The van der Waals surface area contributed by atoms with Gasteiger partial charge < -0.3 is 18.6 Å². The minimum atomic E-state index is 0.217. The van der Waals surface area contributed by atoms with Crippen molar-refractivity contribution in [1.29, 1.82) is 0 Å². The Kier molecular flexibility index (Phi) is 6.22. The lowest BCUT2D eigenvalue weighted by molar-refractivity contribution is 0.0954. The average molecular weight is 449 g/mol. The van der Waals surface area contributed by atoms with Crippen molar-refractivity contribution in [1.82, 2.24) is 19.7 Å². The highest BCUT2D eigenvalue weighted by atomic mass is 32.2. The fraction of sp³-hybridized carbons (Fsp3) is 0.292. The summed E-state index contributed by atoms with van der Waals surface area (Å²) in [5.74, 6) is 2.40. The molecule has 1 aliphatic heterocycles. The quantitative estimate of drug-likeness (QED) is 0.348. The molecule has 0 N–H and O–H groups in total. The maximum Gasteiger partial charge on any atom is 0.237 e. The lowest BCUT2D eigenvalue weighted by Crippen LogP contribution is -2.16. The summed E-state index contributed by atoms with van der Waals surface area (Å²) in [6.45, 7) is 1.61. The molecule has 0 radical (unpaired) electrons. The highest BCUT2D eigenvalue weighted by Crippen LogP contribution is 2.30. The van der Waals surface area contributed by atoms with Gasteiger partial charge in [-0.3, -0.25) is 0 Å². The SMILES string of the molecule is COc1cccc(-c2noc(CSc3ncc(-c4ccccc4)n3CC3CCCO3)n2)c1. The third-order valence-electron chi connectivity index (χ3n) is 5.42. The van der Waals surface area contributed by atoms with Crippen molar-refractivity contribution in [3.63, 3.8) is 0 Å². The van der Waals surface area contributed by atoms with Crippen molar-refractivity contribution in [2.75, 3.05) is 13.7 Å². The van der Waals surface area contributed by atoms with Crippen LogP contribution >= 0.6 is 11.8 Å². The normalized spacial score (nSPS) is 15.8. The Hall–Kier alpha value is -3.10. The number of thioether (sulfide) groups is 1. The summed E-state index contributed by atoms with van der Waals surface area (Å²) >= 11 is 1.59. The molecule has 1 aliphatic rings. The van der Waals surface area contributed by atoms with Crippen molar-refractivity contribution >= 4 is 11.8 Å². The lowest BCUT2D eigenvalue weighted by Gasteiger charge is -2.15. The Labute approximate surface area is 190 Å². The van der Waals surface area contributed by atoms with Gasteiger partial charge in [-0.2, -0.15) is 4.98 Å². The number of hydrogen-bond acceptors (Lipinski definition) is 7. The minimum Gasteiger partial charge on any atom is -0.497 e. The molecule has 1 atom stereocenters. The summed E-state index contributed by atoms with van der Waals surface area (Å²) in [6, 6.07) is 18.0. The molecule has 0 saturated carbocycles. The third-order valence-corrected chi connectivity index (χ3v) is 6.39. The first-order valence-electron chi connectivity index (χ1n) is 10.6. The van der Waals surface area contributed by atoms with Crippen LogP contribution in [0.15, 0.2) is 70.5 Å². The van der Waals surface area contributed by atoms with Gasteiger partial charge in [0.05, 0.1) is 37.4 Å². The fourth-order valence-corrected chi connectivity index (χ4v) is 4.63. The fourth-order valence-electron chi connectivity index (χ4n) is 3.80. The number of ether oxygens (including phenoxy) is 2. The summed E-state index contributed by atoms with van der Waals surface area (Å²) in [5, 5.41) is 5.05. The van der Waals surface area contributed by atoms with Crippen LogP contribution in [0.2, 0.25) is 0 Å². The molecule has 2 aromatic carbocycles. The van der Waals surface area contributed by atoms with Gasteiger partial charge in [0.15, 0.2) is 5.16 Å². The predicted molar refractivity (Wildman–Crippen MR) is 122 cm³/mol. The van der Waals surface area contributed by atoms with Crippen LogP contribution in [0, 0.1) is 0 Å². The lowest BCUT2D eigenvalue weighted by atomic mass is 10.1. The zero-order valence-electron chi connectivity index (χ0n) is 17.8. The van der Waals surface area contributed by atoms with Crippen molar-refractivity contribution in [3.05, 3.63) is 66.7 Å². The van der Waals surface area contributed by atoms with Gasteiger partial charge in [-0.15, -0.1) is 0 Å². The van der Waals surface area contributed by atoms with Crippen LogP contribution < -0.4 is 4.74 Å². The molecule has 7 nitrogen and oxygen atoms in total. The molecule has 1 unspecified atom stereocenters. The van der Waals surface area contributed by atoms with Crippen molar-refractivity contribution in [3.8, 4) is 28.4 Å². The molecule has 0 bridgehead atoms. The number of rotatable bonds is 8. The van der Waals surface area contributed by atoms with Gasteiger partial charge in [0.25, 0.3) is 0 Å². The molecule has 4 aromatic rings. The molecule has 3 heterocycles. The number of aromatic nitrogens is 4. The van der Waals surface area contributed by atoms with Gasteiger partial charge in [0.2, 0.25) is 11.7 Å². The van der Waals surface area contributed by atoms with E-state index in [4.69, 9.17) is 19.0 Å². The second-order valence-corrected chi connectivity index (χ2v) is 8.51. The maximum absolute atomic E-state index is 5.90. The van der Waals surface area contributed by atoms with Crippen molar-refractivity contribution < 1.29 is 14.0 Å². The highest BCUT2D eigenvalue weighted by molar-refractivity contribution is 7.98. The molecule has 0 amide bonds. The van der Waals surface area contributed by atoms with Gasteiger partial charge in [0.1, 0.15) is 5.75 Å². The molecule has 164 valence electrons. The standard InChI is InChI=1S/C24H24N4O3S/c1-29-19-10-5-9-18(13-19)23-26-22(31-27-23)16-32-24-25-14-21(17-7-3-2-4-8-17)28(24)15-20-11-6-12-30-20/h2-5,7-10,13-14,20H,6,11-12,15-16H2,1H3. The second kappa shape index (κ2) is 9.58. The smallest absolute Gasteiger partial charge is 0.237 e. The van der Waals surface area contributed by atoms with Crippen LogP contribution in [0.5, 0.6) is 5.75 Å². The zero-order chi connectivity index (χ0) is 21.8. The van der Waals surface area contributed by atoms with E-state index in [2.05, 4.69) is 26.8 Å². The Bertz CT molecular complexity index is 1170. The molecule has 0 aliphatic carbocycles. The molecular weight excluding hydrogens is 424 g/mol. The van der Waals surface area contributed by atoms with E-state index in [1.165, 1.54) is 0 Å². The van der Waals surface area contributed by atoms with E-state index >= 15 is 0 Å². The van der Waals surface area contributed by atoms with Crippen molar-refractivity contribution in [2.45, 2.75) is 36.4 Å². The van der Waals surface area contributed by atoms with E-state index in [0.29, 0.717) is 17.5 Å². The molecular formula is C24H24N4O3S. The Morgan fingerprint density at radius 3 is 2.81 bits per heavy atom. The molecule has 32 heavy (non-hydrogen) atoms. The van der Waals surface area contributed by atoms with Crippen LogP contribution in [0.3, 0.4) is 0 Å². The Morgan fingerprint density at radius 2 is 2.00 bits per heavy atom. The summed E-state index contributed by atoms with van der Waals surface area (Å²) in [7, 11) is 1.64. The van der Waals surface area contributed by atoms with E-state index in [1.807, 2.05) is 48.7 Å². The minimum absolute atomic E-state index is 0.217. The highest BCUT2D eigenvalue weighted by Gasteiger charge is 2.21. The van der Waals surface area contributed by atoms with Gasteiger partial charge in [-0.05, 0) is 30.5 Å². The van der Waals surface area contributed by atoms with Gasteiger partial charge in [-0.25, -0.2) is 4.98 Å². The second-order valence-electron chi connectivity index (χ2n) is 7.57. The summed E-state index contributed by atoms with van der Waals surface area (Å²) in [6.07, 6.45) is 4.33. The Balaban J connectivity index is 1.35. The maximum atomic E-state index is 5.90. The van der Waals surface area contributed by atoms with E-state index in [1.54, 1.807) is 18.9 Å². The topological polar surface area (TPSA) is 75.2 Å². The van der Waals surface area contributed by atoms with E-state index < -0.39 is 0 Å². The molecule has 8 heteroatoms. The third kappa shape index (κ3) is 4.56. The number of methoxy groups -OCH3 is 1. The Morgan fingerprint density at radius 1 is 1.12 bits per heavy atom. The van der Waals surface area contributed by atoms with E-state index in [0.717, 1.165) is 53.7 Å². The average Bonchev–Trinajstić information content (AvgIpc) is 3.60. The summed E-state index contributed by atoms with van der Waals surface area (Å²) < 4.78 is 18.9. The van der Waals surface area contributed by atoms with Crippen LogP contribution in [0.1, 0.15) is 18.7 Å². The van der Waals surface area contributed by atoms with Crippen LogP contribution in [-0.2, 0) is 17.0 Å². The molecule has 2 aromatic heterocycles. The van der Waals surface area contributed by atoms with Crippen LogP contribution in [0.25, 0.3) is 22.6 Å². The molecule has 1 saturated heterocycles. The van der Waals surface area contributed by atoms with Crippen molar-refractivity contribution in [2.24, 2.45) is 0 Å². The number of imidazole rings is 1. The van der Waals surface area contributed by atoms with Crippen LogP contribution in [-0.4, -0.2) is 39.5 Å². The summed E-state index contributed by atoms with van der Waals surface area (Å²) in [5.41, 5.74) is 3.09. The van der Waals surface area contributed by atoms with Gasteiger partial charge >= 0.3 is 0 Å². The number of nitrogens with zero attached hydrogens (tertiary/aromatic N) is 4. The number of hydrogen-bond donors (Lipinski definition) is 0. The first-order valence-corrected chi connectivity index (χ1v) is 11.6. The zero-order valence-corrected chi connectivity index (χ0v) is 18.6. The predicted octanol–water partition coefficient (Wildman–Crippen LogP) is 5.08. The summed E-state index contributed by atoms with van der Waals surface area (Å²) in [4.78, 5) is 9.25. The van der Waals surface area contributed by atoms with Gasteiger partial charge in [0, 0.05) is 12.2 Å². The largest absolute Gasteiger partial charge is 0.497 e. The van der Waals surface area contributed by atoms with Gasteiger partial charge in [-0.1, -0.05) is 59.4 Å². The first kappa shape index (κ1) is 20.8. The molecule has 1 fully saturated rings. The molecule has 0 spiro atoms. The number of benzene rings is 2.